The number of aliphatic hydroxyl groups is 2. The van der Waals surface area contributed by atoms with Gasteiger partial charge in [-0.2, -0.15) is 0 Å². The summed E-state index contributed by atoms with van der Waals surface area (Å²) in [6, 6.07) is 13.3. The van der Waals surface area contributed by atoms with Crippen LogP contribution in [0.25, 0.3) is 0 Å². The molecular formula is C30H28O12. The molecule has 6 rings (SSSR count). The molecule has 0 radical (unpaired) electrons. The van der Waals surface area contributed by atoms with Crippen LogP contribution in [0.15, 0.2) is 60.7 Å². The summed E-state index contributed by atoms with van der Waals surface area (Å²) in [6.07, 6.45) is -3.12. The lowest BCUT2D eigenvalue weighted by molar-refractivity contribution is 0.0196. The van der Waals surface area contributed by atoms with E-state index in [1.54, 1.807) is 0 Å². The van der Waals surface area contributed by atoms with Gasteiger partial charge in [-0.3, -0.25) is 0 Å². The van der Waals surface area contributed by atoms with Crippen LogP contribution in [0.3, 0.4) is 0 Å². The van der Waals surface area contributed by atoms with E-state index in [1.165, 1.54) is 60.7 Å². The van der Waals surface area contributed by atoms with Gasteiger partial charge in [-0.1, -0.05) is 12.1 Å². The normalized spacial score (nSPS) is 20.6. The average molecular weight is 581 g/mol. The Balaban J connectivity index is 0.000000168. The second-order valence-corrected chi connectivity index (χ2v) is 10.00. The van der Waals surface area contributed by atoms with Crippen LogP contribution in [-0.2, 0) is 12.8 Å². The fourth-order valence-electron chi connectivity index (χ4n) is 4.93. The molecule has 12 heteroatoms. The second kappa shape index (κ2) is 11.0. The summed E-state index contributed by atoms with van der Waals surface area (Å²) in [4.78, 5) is 0. The van der Waals surface area contributed by atoms with E-state index < -0.39 is 24.4 Å². The fraction of sp³-hybridized carbons (Fsp3) is 0.200. The molecule has 2 aliphatic rings. The van der Waals surface area contributed by atoms with Gasteiger partial charge in [-0.05, 0) is 35.4 Å². The molecule has 42 heavy (non-hydrogen) atoms. The van der Waals surface area contributed by atoms with Crippen molar-refractivity contribution in [1.82, 2.24) is 0 Å². The van der Waals surface area contributed by atoms with Gasteiger partial charge < -0.3 is 60.5 Å². The van der Waals surface area contributed by atoms with Crippen molar-refractivity contribution in [3.8, 4) is 57.5 Å². The highest BCUT2D eigenvalue weighted by molar-refractivity contribution is 5.53. The molecular weight excluding hydrogens is 552 g/mol. The number of rotatable bonds is 2. The SMILES string of the molecule is Oc1cc(O)c2c(c1)O[C@H](c1ccc(O)c(O)c1)[C@@H](O)C2.Oc1cc(O)c2c(c1)O[C@H](c1ccc(O)c(O)c1)[C@@H](O)C2. The summed E-state index contributed by atoms with van der Waals surface area (Å²) in [5, 5.41) is 96.6. The Labute approximate surface area is 238 Å². The van der Waals surface area contributed by atoms with Crippen molar-refractivity contribution in [1.29, 1.82) is 0 Å². The minimum absolute atomic E-state index is 0.143. The summed E-state index contributed by atoms with van der Waals surface area (Å²) in [6.45, 7) is 0. The van der Waals surface area contributed by atoms with Crippen molar-refractivity contribution in [2.75, 3.05) is 0 Å². The van der Waals surface area contributed by atoms with Gasteiger partial charge in [0, 0.05) is 48.2 Å². The van der Waals surface area contributed by atoms with Crippen LogP contribution in [-0.4, -0.2) is 63.3 Å². The van der Waals surface area contributed by atoms with E-state index >= 15 is 0 Å². The predicted molar refractivity (Wildman–Crippen MR) is 145 cm³/mol. The smallest absolute Gasteiger partial charge is 0.157 e. The molecule has 0 amide bonds. The molecule has 0 saturated carbocycles. The molecule has 0 fully saturated rings. The van der Waals surface area contributed by atoms with Crippen LogP contribution in [0.5, 0.6) is 57.5 Å². The lowest BCUT2D eigenvalue weighted by Gasteiger charge is -2.31. The third-order valence-electron chi connectivity index (χ3n) is 7.03. The van der Waals surface area contributed by atoms with Crippen LogP contribution in [0, 0.1) is 0 Å². The maximum atomic E-state index is 10.2. The first-order valence-corrected chi connectivity index (χ1v) is 12.7. The van der Waals surface area contributed by atoms with E-state index in [2.05, 4.69) is 0 Å². The third kappa shape index (κ3) is 5.53. The second-order valence-electron chi connectivity index (χ2n) is 10.00. The zero-order chi connectivity index (χ0) is 30.3. The van der Waals surface area contributed by atoms with Gasteiger partial charge in [0.2, 0.25) is 0 Å². The Hall–Kier alpha value is -5.20. The topological polar surface area (TPSA) is 221 Å². The fourth-order valence-corrected chi connectivity index (χ4v) is 4.93. The number of phenols is 8. The number of hydrogen-bond acceptors (Lipinski definition) is 12. The summed E-state index contributed by atoms with van der Waals surface area (Å²) in [5.74, 6) is -1.18. The molecule has 12 nitrogen and oxygen atoms in total. The molecule has 4 aromatic rings. The standard InChI is InChI=1S/2C15H14O6/c2*16-8-4-11(18)9-6-13(20)15(21-14(9)5-8)7-1-2-10(17)12(19)3-7/h2*1-5,13,15-20H,6H2/t2*13-,15+/m00/s1. The van der Waals surface area contributed by atoms with E-state index in [0.717, 1.165) is 0 Å². The third-order valence-corrected chi connectivity index (χ3v) is 7.03. The van der Waals surface area contributed by atoms with Crippen molar-refractivity contribution in [2.45, 2.75) is 37.3 Å². The molecule has 10 N–H and O–H groups in total. The Morgan fingerprint density at radius 1 is 0.452 bits per heavy atom. The van der Waals surface area contributed by atoms with Crippen molar-refractivity contribution < 1.29 is 60.5 Å². The Kier molecular flexibility index (Phi) is 7.42. The number of phenolic OH excluding ortho intramolecular Hbond substituents is 8. The Morgan fingerprint density at radius 2 is 0.833 bits per heavy atom. The van der Waals surface area contributed by atoms with Crippen molar-refractivity contribution >= 4 is 0 Å². The predicted octanol–water partition coefficient (Wildman–Crippen LogP) is 3.09. The molecule has 0 saturated heterocycles. The number of fused-ring (bicyclic) bond motifs is 2. The number of benzene rings is 4. The van der Waals surface area contributed by atoms with E-state index in [-0.39, 0.29) is 70.3 Å². The molecule has 0 bridgehead atoms. The Bertz CT molecular complexity index is 1510. The molecule has 2 heterocycles. The summed E-state index contributed by atoms with van der Waals surface area (Å²) >= 11 is 0. The van der Waals surface area contributed by atoms with Gasteiger partial charge in [0.1, 0.15) is 46.7 Å². The summed E-state index contributed by atoms with van der Waals surface area (Å²) in [5.41, 5.74) is 1.79. The van der Waals surface area contributed by atoms with Gasteiger partial charge in [-0.25, -0.2) is 0 Å². The van der Waals surface area contributed by atoms with Crippen LogP contribution in [0.2, 0.25) is 0 Å². The van der Waals surface area contributed by atoms with Gasteiger partial charge in [0.05, 0.1) is 12.2 Å². The van der Waals surface area contributed by atoms with Crippen LogP contribution < -0.4 is 9.47 Å². The average Bonchev–Trinajstić information content (AvgIpc) is 2.92. The summed E-state index contributed by atoms with van der Waals surface area (Å²) in [7, 11) is 0. The van der Waals surface area contributed by atoms with Crippen LogP contribution in [0.4, 0.5) is 0 Å². The van der Waals surface area contributed by atoms with Crippen molar-refractivity contribution in [3.05, 3.63) is 82.9 Å². The highest BCUT2D eigenvalue weighted by Crippen LogP contribution is 2.44. The lowest BCUT2D eigenvalue weighted by Crippen LogP contribution is -2.30. The maximum Gasteiger partial charge on any atom is 0.157 e. The quantitative estimate of drug-likeness (QED) is 0.155. The number of aliphatic hydroxyl groups excluding tert-OH is 2. The minimum atomic E-state index is -0.933. The van der Waals surface area contributed by atoms with Crippen LogP contribution >= 0.6 is 0 Å². The molecule has 0 aromatic heterocycles. The zero-order valence-electron chi connectivity index (χ0n) is 21.8. The number of hydrogen-bond donors (Lipinski definition) is 10. The van der Waals surface area contributed by atoms with E-state index in [4.69, 9.17) is 9.47 Å². The molecule has 220 valence electrons. The monoisotopic (exact) mass is 580 g/mol. The van der Waals surface area contributed by atoms with Gasteiger partial charge in [0.25, 0.3) is 0 Å². The minimum Gasteiger partial charge on any atom is -0.508 e. The molecule has 0 aliphatic carbocycles. The molecule has 0 spiro atoms. The largest absolute Gasteiger partial charge is 0.508 e. The maximum absolute atomic E-state index is 10.2. The first-order valence-electron chi connectivity index (χ1n) is 12.7. The number of aromatic hydroxyl groups is 8. The Morgan fingerprint density at radius 3 is 1.19 bits per heavy atom. The van der Waals surface area contributed by atoms with Crippen LogP contribution in [0.1, 0.15) is 34.5 Å². The first-order chi connectivity index (χ1) is 19.9. The number of ether oxygens (including phenoxy) is 2. The molecule has 4 atom stereocenters. The summed E-state index contributed by atoms with van der Waals surface area (Å²) < 4.78 is 11.2. The molecule has 4 aromatic carbocycles. The highest BCUT2D eigenvalue weighted by Gasteiger charge is 2.33. The van der Waals surface area contributed by atoms with Crippen molar-refractivity contribution in [2.24, 2.45) is 0 Å². The molecule has 0 unspecified atom stereocenters. The van der Waals surface area contributed by atoms with Crippen molar-refractivity contribution in [3.63, 3.8) is 0 Å². The first kappa shape index (κ1) is 28.3. The van der Waals surface area contributed by atoms with E-state index in [0.29, 0.717) is 22.3 Å². The van der Waals surface area contributed by atoms with E-state index in [1.807, 2.05) is 0 Å². The molecule has 2 aliphatic heterocycles. The van der Waals surface area contributed by atoms with Gasteiger partial charge in [-0.15, -0.1) is 0 Å². The lowest BCUT2D eigenvalue weighted by atomic mass is 9.94. The highest BCUT2D eigenvalue weighted by atomic mass is 16.5. The van der Waals surface area contributed by atoms with E-state index in [9.17, 15) is 51.1 Å². The zero-order valence-corrected chi connectivity index (χ0v) is 21.8. The van der Waals surface area contributed by atoms with Gasteiger partial charge >= 0.3 is 0 Å². The van der Waals surface area contributed by atoms with Gasteiger partial charge in [0.15, 0.2) is 23.0 Å².